The van der Waals surface area contributed by atoms with Crippen LogP contribution in [0.3, 0.4) is 0 Å². The third kappa shape index (κ3) is 7.90. The summed E-state index contributed by atoms with van der Waals surface area (Å²) in [5.74, 6) is -0.0140. The fourth-order valence-electron chi connectivity index (χ4n) is 5.70. The Morgan fingerprint density at radius 3 is 2.11 bits per heavy atom. The van der Waals surface area contributed by atoms with Crippen molar-refractivity contribution in [2.24, 2.45) is 10.2 Å². The topological polar surface area (TPSA) is 221 Å². The highest BCUT2D eigenvalue weighted by Crippen LogP contribution is 2.45. The van der Waals surface area contributed by atoms with E-state index in [0.29, 0.717) is 33.6 Å². The van der Waals surface area contributed by atoms with Crippen LogP contribution >= 0.6 is 0 Å². The molecule has 0 saturated heterocycles. The van der Waals surface area contributed by atoms with Crippen LogP contribution in [0.5, 0.6) is 28.7 Å². The van der Waals surface area contributed by atoms with E-state index in [-0.39, 0.29) is 34.5 Å². The Morgan fingerprint density at radius 1 is 0.774 bits per heavy atom. The molecule has 0 aliphatic heterocycles. The Morgan fingerprint density at radius 2 is 1.47 bits per heavy atom. The first kappa shape index (κ1) is 36.7. The highest BCUT2D eigenvalue weighted by Gasteiger charge is 2.26. The lowest BCUT2D eigenvalue weighted by molar-refractivity contribution is -0.114. The average Bonchev–Trinajstić information content (AvgIpc) is 3.08. The number of nitrogens with one attached hydrogen (secondary N) is 1. The Bertz CT molecular complexity index is 2700. The molecular weight excluding hydrogens is 727 g/mol. The van der Waals surface area contributed by atoms with E-state index in [4.69, 9.17) is 9.47 Å². The minimum atomic E-state index is -5.09. The molecule has 0 atom stereocenters. The zero-order chi connectivity index (χ0) is 38.2. The normalized spacial score (nSPS) is 12.0. The predicted octanol–water partition coefficient (Wildman–Crippen LogP) is 8.26. The molecule has 0 spiro atoms. The van der Waals surface area contributed by atoms with Crippen molar-refractivity contribution in [2.45, 2.75) is 37.2 Å². The van der Waals surface area contributed by atoms with E-state index in [1.807, 2.05) is 32.0 Å². The van der Waals surface area contributed by atoms with E-state index in [0.717, 1.165) is 36.2 Å². The second kappa shape index (κ2) is 14.2. The van der Waals surface area contributed by atoms with Crippen LogP contribution < -0.4 is 14.8 Å². The van der Waals surface area contributed by atoms with Crippen molar-refractivity contribution in [1.29, 1.82) is 0 Å². The second-order valence-electron chi connectivity index (χ2n) is 12.1. The molecule has 5 N–H and O–H groups in total. The highest BCUT2D eigenvalue weighted by atomic mass is 32.2. The molecule has 6 aromatic carbocycles. The SMILES string of the molecule is CC(=O)Nc1cc(S(=O)(=O)O)cc2cc(S(=O)(=O)O)c(N=Nc3ccc(Oc4cc(COc5ccc(C)cc5C)c(O)c5ccccc45)cc3)c(O)c12. The number of amides is 1. The van der Waals surface area contributed by atoms with Gasteiger partial charge in [-0.1, -0.05) is 42.0 Å². The standard InChI is InChI=1S/C37H31N3O11S2/c1-20-8-13-31(21(2)14-20)50-19-24-16-32(28-6-4-5-7-29(28)36(24)42)51-26-11-9-25(10-12-26)39-40-35-33(53(47,48)49)17-23-15-27(52(44,45)46)18-30(38-22(3)41)34(23)37(35)43/h4-18,42-43H,19H2,1-3H3,(H,38,41)(H,44,45,46)(H,47,48,49). The Balaban J connectivity index is 1.33. The van der Waals surface area contributed by atoms with Gasteiger partial charge in [0.2, 0.25) is 5.91 Å². The summed E-state index contributed by atoms with van der Waals surface area (Å²) in [6, 6.07) is 23.3. The van der Waals surface area contributed by atoms with Crippen LogP contribution in [0.2, 0.25) is 0 Å². The van der Waals surface area contributed by atoms with Crippen LogP contribution in [0.15, 0.2) is 111 Å². The number of carbonyl (C=O) groups is 1. The Labute approximate surface area is 303 Å². The van der Waals surface area contributed by atoms with E-state index in [1.54, 1.807) is 42.5 Å². The quantitative estimate of drug-likeness (QED) is 0.0661. The molecule has 0 heterocycles. The van der Waals surface area contributed by atoms with Crippen molar-refractivity contribution >= 4 is 64.8 Å². The first-order valence-corrected chi connectivity index (χ1v) is 18.6. The van der Waals surface area contributed by atoms with Gasteiger partial charge in [0, 0.05) is 28.6 Å². The fraction of sp³-hybridized carbons (Fsp3) is 0.108. The summed E-state index contributed by atoms with van der Waals surface area (Å²) in [7, 11) is -9.92. The molecule has 0 saturated carbocycles. The van der Waals surface area contributed by atoms with Crippen molar-refractivity contribution in [3.8, 4) is 28.7 Å². The molecule has 6 aromatic rings. The van der Waals surface area contributed by atoms with Gasteiger partial charge in [-0.2, -0.15) is 21.9 Å². The number of azo groups is 1. The second-order valence-corrected chi connectivity index (χ2v) is 14.9. The summed E-state index contributed by atoms with van der Waals surface area (Å²) in [4.78, 5) is 10.2. The summed E-state index contributed by atoms with van der Waals surface area (Å²) in [6.07, 6.45) is 0. The third-order valence-electron chi connectivity index (χ3n) is 8.11. The van der Waals surface area contributed by atoms with Crippen LogP contribution in [0.1, 0.15) is 23.6 Å². The number of ether oxygens (including phenoxy) is 2. The maximum absolute atomic E-state index is 12.4. The number of aryl methyl sites for hydroxylation is 2. The number of fused-ring (bicyclic) bond motifs is 2. The smallest absolute Gasteiger partial charge is 0.296 e. The maximum Gasteiger partial charge on any atom is 0.296 e. The molecule has 16 heteroatoms. The van der Waals surface area contributed by atoms with Gasteiger partial charge in [-0.15, -0.1) is 5.11 Å². The van der Waals surface area contributed by atoms with Gasteiger partial charge >= 0.3 is 0 Å². The van der Waals surface area contributed by atoms with Gasteiger partial charge in [0.25, 0.3) is 20.2 Å². The predicted molar refractivity (Wildman–Crippen MR) is 196 cm³/mol. The fourth-order valence-corrected chi connectivity index (χ4v) is 6.90. The summed E-state index contributed by atoms with van der Waals surface area (Å²) < 4.78 is 80.3. The zero-order valence-corrected chi connectivity index (χ0v) is 29.9. The molecule has 0 fully saturated rings. The van der Waals surface area contributed by atoms with Crippen molar-refractivity contribution in [3.63, 3.8) is 0 Å². The molecule has 0 aromatic heterocycles. The van der Waals surface area contributed by atoms with Gasteiger partial charge in [0.05, 0.1) is 16.3 Å². The molecular formula is C37H31N3O11S2. The molecule has 272 valence electrons. The molecule has 0 unspecified atom stereocenters. The van der Waals surface area contributed by atoms with Crippen LogP contribution in [0.25, 0.3) is 21.5 Å². The van der Waals surface area contributed by atoms with Crippen molar-refractivity contribution < 1.29 is 50.4 Å². The van der Waals surface area contributed by atoms with Gasteiger partial charge < -0.3 is 25.0 Å². The minimum Gasteiger partial charge on any atom is -0.507 e. The largest absolute Gasteiger partial charge is 0.507 e. The van der Waals surface area contributed by atoms with Crippen molar-refractivity contribution in [2.75, 3.05) is 5.32 Å². The third-order valence-corrected chi connectivity index (χ3v) is 9.81. The highest BCUT2D eigenvalue weighted by molar-refractivity contribution is 7.86. The lowest BCUT2D eigenvalue weighted by atomic mass is 10.0. The first-order chi connectivity index (χ1) is 25.0. The molecule has 14 nitrogen and oxygen atoms in total. The average molecular weight is 758 g/mol. The van der Waals surface area contributed by atoms with E-state index < -0.39 is 47.4 Å². The first-order valence-electron chi connectivity index (χ1n) is 15.7. The Kier molecular flexibility index (Phi) is 9.81. The molecule has 0 radical (unpaired) electrons. The molecule has 0 aliphatic rings. The van der Waals surface area contributed by atoms with Crippen molar-refractivity contribution in [3.05, 3.63) is 108 Å². The van der Waals surface area contributed by atoms with Crippen LogP contribution in [0, 0.1) is 13.8 Å². The molecule has 0 aliphatic carbocycles. The monoisotopic (exact) mass is 757 g/mol. The van der Waals surface area contributed by atoms with E-state index >= 15 is 0 Å². The van der Waals surface area contributed by atoms with Gasteiger partial charge in [0.1, 0.15) is 40.2 Å². The minimum absolute atomic E-state index is 0.0535. The number of hydrogen-bond acceptors (Lipinski definition) is 11. The number of hydrogen-bond donors (Lipinski definition) is 5. The lowest BCUT2D eigenvalue weighted by Gasteiger charge is -2.15. The summed E-state index contributed by atoms with van der Waals surface area (Å²) >= 11 is 0. The lowest BCUT2D eigenvalue weighted by Crippen LogP contribution is -2.08. The van der Waals surface area contributed by atoms with E-state index in [9.17, 15) is 40.9 Å². The van der Waals surface area contributed by atoms with Gasteiger partial charge in [-0.25, -0.2) is 0 Å². The number of anilines is 1. The maximum atomic E-state index is 12.4. The summed E-state index contributed by atoms with van der Waals surface area (Å²) in [6.45, 7) is 5.10. The number of phenolic OH excluding ortho intramolecular Hbond substituents is 2. The summed E-state index contributed by atoms with van der Waals surface area (Å²) in [5.41, 5.74) is 1.70. The Hall–Kier alpha value is -6.07. The number of carbonyl (C=O) groups excluding carboxylic acids is 1. The molecule has 1 amide bonds. The van der Waals surface area contributed by atoms with E-state index in [2.05, 4.69) is 15.5 Å². The van der Waals surface area contributed by atoms with E-state index in [1.165, 1.54) is 12.1 Å². The molecule has 53 heavy (non-hydrogen) atoms. The van der Waals surface area contributed by atoms with Crippen molar-refractivity contribution in [1.82, 2.24) is 0 Å². The number of nitrogens with zero attached hydrogens (tertiary/aromatic N) is 2. The van der Waals surface area contributed by atoms with Gasteiger partial charge in [0.15, 0.2) is 5.75 Å². The number of rotatable bonds is 10. The number of phenols is 2. The van der Waals surface area contributed by atoms with Crippen LogP contribution in [-0.2, 0) is 31.6 Å². The van der Waals surface area contributed by atoms with Gasteiger partial charge in [-0.05, 0) is 79.4 Å². The molecule has 6 rings (SSSR count). The zero-order valence-electron chi connectivity index (χ0n) is 28.2. The number of aromatic hydroxyl groups is 2. The van der Waals surface area contributed by atoms with Gasteiger partial charge in [-0.3, -0.25) is 13.9 Å². The number of benzene rings is 6. The molecule has 0 bridgehead atoms. The summed E-state index contributed by atoms with van der Waals surface area (Å²) in [5, 5.41) is 33.2. The van der Waals surface area contributed by atoms with Crippen LogP contribution in [-0.4, -0.2) is 42.1 Å². The van der Waals surface area contributed by atoms with Crippen LogP contribution in [0.4, 0.5) is 17.1 Å².